The van der Waals surface area contributed by atoms with Gasteiger partial charge >= 0.3 is 0 Å². The van der Waals surface area contributed by atoms with E-state index in [0.717, 1.165) is 29.7 Å². The molecule has 1 aliphatic rings. The van der Waals surface area contributed by atoms with Crippen LogP contribution in [0, 0.1) is 5.92 Å². The van der Waals surface area contributed by atoms with Crippen LogP contribution in [-0.4, -0.2) is 31.3 Å². The zero-order valence-corrected chi connectivity index (χ0v) is 13.5. The van der Waals surface area contributed by atoms with E-state index in [2.05, 4.69) is 5.32 Å². The van der Waals surface area contributed by atoms with Gasteiger partial charge in [-0.1, -0.05) is 19.9 Å². The highest BCUT2D eigenvalue weighted by Gasteiger charge is 2.25. The molecule has 122 valence electrons. The molecule has 1 heterocycles. The predicted octanol–water partition coefficient (Wildman–Crippen LogP) is 2.35. The summed E-state index contributed by atoms with van der Waals surface area (Å²) in [6.45, 7) is 4.75. The first-order valence-corrected chi connectivity index (χ1v) is 7.80. The molecule has 0 spiro atoms. The lowest BCUT2D eigenvalue weighted by Gasteiger charge is -2.28. The van der Waals surface area contributed by atoms with Gasteiger partial charge in [0.2, 0.25) is 5.91 Å². The highest BCUT2D eigenvalue weighted by molar-refractivity contribution is 5.78. The van der Waals surface area contributed by atoms with E-state index in [1.54, 1.807) is 7.11 Å². The van der Waals surface area contributed by atoms with Crippen molar-refractivity contribution in [2.45, 2.75) is 38.8 Å². The molecular formula is C17H25NO4. The van der Waals surface area contributed by atoms with Crippen LogP contribution in [0.5, 0.6) is 5.75 Å². The average molecular weight is 307 g/mol. The molecule has 1 amide bonds. The minimum absolute atomic E-state index is 0.00596. The second kappa shape index (κ2) is 7.61. The molecule has 2 rings (SSSR count). The lowest BCUT2D eigenvalue weighted by molar-refractivity contribution is -0.125. The van der Waals surface area contributed by atoms with Crippen molar-refractivity contribution in [2.24, 2.45) is 5.92 Å². The lowest BCUT2D eigenvalue weighted by atomic mass is 9.95. The molecule has 0 bridgehead atoms. The number of fused-ring (bicyclic) bond motifs is 1. The van der Waals surface area contributed by atoms with Gasteiger partial charge in [0.25, 0.3) is 0 Å². The van der Waals surface area contributed by atoms with Crippen LogP contribution in [0.25, 0.3) is 0 Å². The molecule has 0 saturated heterocycles. The monoisotopic (exact) mass is 307 g/mol. The summed E-state index contributed by atoms with van der Waals surface area (Å²) in [6, 6.07) is 5.52. The first-order chi connectivity index (χ1) is 10.6. The van der Waals surface area contributed by atoms with Gasteiger partial charge in [0.05, 0.1) is 19.3 Å². The topological polar surface area (TPSA) is 67.8 Å². The van der Waals surface area contributed by atoms with Crippen molar-refractivity contribution >= 4 is 5.91 Å². The largest absolute Gasteiger partial charge is 0.493 e. The number of benzene rings is 1. The fraction of sp³-hybridized carbons (Fsp3) is 0.588. The van der Waals surface area contributed by atoms with Gasteiger partial charge in [-0.2, -0.15) is 0 Å². The van der Waals surface area contributed by atoms with Crippen molar-refractivity contribution in [3.05, 3.63) is 29.3 Å². The van der Waals surface area contributed by atoms with E-state index in [1.807, 2.05) is 32.0 Å². The Morgan fingerprint density at radius 1 is 1.55 bits per heavy atom. The van der Waals surface area contributed by atoms with Crippen LogP contribution < -0.4 is 10.1 Å². The Balaban J connectivity index is 2.20. The molecular weight excluding hydrogens is 282 g/mol. The molecule has 22 heavy (non-hydrogen) atoms. The zero-order valence-electron chi connectivity index (χ0n) is 13.5. The number of carbonyl (C=O) groups is 1. The minimum Gasteiger partial charge on any atom is -0.493 e. The SMILES string of the molecule is CCC(C)C(=O)NC1CCOc2ccc(C(O)COC)cc21. The fourth-order valence-corrected chi connectivity index (χ4v) is 2.52. The quantitative estimate of drug-likeness (QED) is 0.846. The van der Waals surface area contributed by atoms with Crippen LogP contribution in [0.1, 0.15) is 50.0 Å². The summed E-state index contributed by atoms with van der Waals surface area (Å²) in [5, 5.41) is 13.2. The van der Waals surface area contributed by atoms with Gasteiger partial charge < -0.3 is 19.9 Å². The Bertz CT molecular complexity index is 517. The number of rotatable bonds is 6. The number of hydrogen-bond acceptors (Lipinski definition) is 4. The third kappa shape index (κ3) is 3.78. The zero-order chi connectivity index (χ0) is 16.1. The second-order valence-electron chi connectivity index (χ2n) is 5.78. The summed E-state index contributed by atoms with van der Waals surface area (Å²) in [7, 11) is 1.56. The molecule has 5 nitrogen and oxygen atoms in total. The van der Waals surface area contributed by atoms with Crippen molar-refractivity contribution in [3.8, 4) is 5.75 Å². The van der Waals surface area contributed by atoms with E-state index in [4.69, 9.17) is 9.47 Å². The van der Waals surface area contributed by atoms with Crippen LogP contribution in [0.2, 0.25) is 0 Å². The number of hydrogen-bond donors (Lipinski definition) is 2. The number of amides is 1. The van der Waals surface area contributed by atoms with Crippen molar-refractivity contribution in [2.75, 3.05) is 20.3 Å². The van der Waals surface area contributed by atoms with Gasteiger partial charge in [0.1, 0.15) is 11.9 Å². The Kier molecular flexibility index (Phi) is 5.80. The first kappa shape index (κ1) is 16.8. The molecule has 0 saturated carbocycles. The van der Waals surface area contributed by atoms with E-state index >= 15 is 0 Å². The number of aliphatic hydroxyl groups is 1. The summed E-state index contributed by atoms with van der Waals surface area (Å²) in [6.07, 6.45) is 0.871. The molecule has 1 aromatic rings. The van der Waals surface area contributed by atoms with Gasteiger partial charge in [-0.25, -0.2) is 0 Å². The van der Waals surface area contributed by atoms with E-state index < -0.39 is 6.10 Å². The number of ether oxygens (including phenoxy) is 2. The van der Waals surface area contributed by atoms with Gasteiger partial charge in [0, 0.05) is 25.0 Å². The van der Waals surface area contributed by atoms with Crippen molar-refractivity contribution in [3.63, 3.8) is 0 Å². The molecule has 0 aromatic heterocycles. The Morgan fingerprint density at radius 3 is 3.00 bits per heavy atom. The van der Waals surface area contributed by atoms with E-state index in [1.165, 1.54) is 0 Å². The second-order valence-corrected chi connectivity index (χ2v) is 5.78. The van der Waals surface area contributed by atoms with Crippen LogP contribution in [0.4, 0.5) is 0 Å². The molecule has 0 fully saturated rings. The summed E-state index contributed by atoms with van der Waals surface area (Å²) in [4.78, 5) is 12.2. The summed E-state index contributed by atoms with van der Waals surface area (Å²) < 4.78 is 10.6. The maximum absolute atomic E-state index is 12.2. The van der Waals surface area contributed by atoms with Crippen molar-refractivity contribution in [1.29, 1.82) is 0 Å². The Labute approximate surface area is 131 Å². The van der Waals surface area contributed by atoms with Crippen LogP contribution >= 0.6 is 0 Å². The summed E-state index contributed by atoms with van der Waals surface area (Å²) >= 11 is 0. The van der Waals surface area contributed by atoms with E-state index in [9.17, 15) is 9.90 Å². The Morgan fingerprint density at radius 2 is 2.32 bits per heavy atom. The molecule has 5 heteroatoms. The van der Waals surface area contributed by atoms with Crippen molar-refractivity contribution < 1.29 is 19.4 Å². The highest BCUT2D eigenvalue weighted by Crippen LogP contribution is 2.34. The molecule has 1 aromatic carbocycles. The smallest absolute Gasteiger partial charge is 0.223 e. The molecule has 2 N–H and O–H groups in total. The molecule has 0 radical (unpaired) electrons. The normalized spacial score (nSPS) is 19.7. The van der Waals surface area contributed by atoms with Gasteiger partial charge in [-0.15, -0.1) is 0 Å². The van der Waals surface area contributed by atoms with E-state index in [-0.39, 0.29) is 24.5 Å². The van der Waals surface area contributed by atoms with Gasteiger partial charge in [-0.3, -0.25) is 4.79 Å². The molecule has 3 unspecified atom stereocenters. The van der Waals surface area contributed by atoms with Crippen molar-refractivity contribution in [1.82, 2.24) is 5.32 Å². The average Bonchev–Trinajstić information content (AvgIpc) is 2.54. The highest BCUT2D eigenvalue weighted by atomic mass is 16.5. The predicted molar refractivity (Wildman–Crippen MR) is 83.7 cm³/mol. The molecule has 1 aliphatic heterocycles. The number of carbonyl (C=O) groups excluding carboxylic acids is 1. The number of nitrogens with one attached hydrogen (secondary N) is 1. The minimum atomic E-state index is -0.678. The van der Waals surface area contributed by atoms with Crippen LogP contribution in [0.15, 0.2) is 18.2 Å². The fourth-order valence-electron chi connectivity index (χ4n) is 2.52. The third-order valence-corrected chi connectivity index (χ3v) is 4.16. The van der Waals surface area contributed by atoms with Crippen LogP contribution in [-0.2, 0) is 9.53 Å². The lowest BCUT2D eigenvalue weighted by Crippen LogP contribution is -2.35. The third-order valence-electron chi connectivity index (χ3n) is 4.16. The van der Waals surface area contributed by atoms with Gasteiger partial charge in [-0.05, 0) is 24.1 Å². The first-order valence-electron chi connectivity index (χ1n) is 7.80. The van der Waals surface area contributed by atoms with E-state index in [0.29, 0.717) is 6.61 Å². The maximum Gasteiger partial charge on any atom is 0.223 e. The Hall–Kier alpha value is -1.59. The number of aliphatic hydroxyl groups excluding tert-OH is 1. The van der Waals surface area contributed by atoms with Crippen LogP contribution in [0.3, 0.4) is 0 Å². The summed E-state index contributed by atoms with van der Waals surface area (Å²) in [5.41, 5.74) is 1.70. The molecule has 0 aliphatic carbocycles. The van der Waals surface area contributed by atoms with Gasteiger partial charge in [0.15, 0.2) is 0 Å². The standard InChI is InChI=1S/C17H25NO4/c1-4-11(2)17(20)18-14-7-8-22-16-6-5-12(9-13(14)16)15(19)10-21-3/h5-6,9,11,14-15,19H,4,7-8,10H2,1-3H3,(H,18,20). The summed E-state index contributed by atoms with van der Waals surface area (Å²) in [5.74, 6) is 0.825. The number of methoxy groups -OCH3 is 1. The molecule has 3 atom stereocenters. The maximum atomic E-state index is 12.2.